The molecule has 26 heavy (non-hydrogen) atoms. The second-order valence-electron chi connectivity index (χ2n) is 7.65. The zero-order valence-electron chi connectivity index (χ0n) is 15.9. The Morgan fingerprint density at radius 1 is 1.23 bits per heavy atom. The molecule has 6 nitrogen and oxygen atoms in total. The van der Waals surface area contributed by atoms with Crippen molar-refractivity contribution < 1.29 is 14.3 Å². The molecule has 0 unspecified atom stereocenters. The molecule has 1 aliphatic rings. The molecule has 1 fully saturated rings. The van der Waals surface area contributed by atoms with E-state index >= 15 is 0 Å². The molecule has 0 radical (unpaired) electrons. The fourth-order valence-electron chi connectivity index (χ4n) is 2.88. The summed E-state index contributed by atoms with van der Waals surface area (Å²) >= 11 is 2.24. The summed E-state index contributed by atoms with van der Waals surface area (Å²) in [5.74, 6) is -0.00912. The topological polar surface area (TPSA) is 61.9 Å². The van der Waals surface area contributed by atoms with Crippen molar-refractivity contribution in [2.45, 2.75) is 45.3 Å². The number of carbonyl (C=O) groups excluding carboxylic acids is 2. The van der Waals surface area contributed by atoms with Gasteiger partial charge in [-0.05, 0) is 80.5 Å². The summed E-state index contributed by atoms with van der Waals surface area (Å²) in [6, 6.07) is 7.89. The third-order valence-electron chi connectivity index (χ3n) is 4.28. The molecule has 1 saturated heterocycles. The number of halogens is 1. The van der Waals surface area contributed by atoms with E-state index in [0.29, 0.717) is 6.54 Å². The van der Waals surface area contributed by atoms with Crippen LogP contribution in [0.5, 0.6) is 0 Å². The Morgan fingerprint density at radius 3 is 2.35 bits per heavy atom. The van der Waals surface area contributed by atoms with E-state index in [4.69, 9.17) is 4.74 Å². The van der Waals surface area contributed by atoms with E-state index in [1.54, 1.807) is 11.9 Å². The van der Waals surface area contributed by atoms with Crippen molar-refractivity contribution in [3.63, 3.8) is 0 Å². The van der Waals surface area contributed by atoms with Crippen LogP contribution in [0.25, 0.3) is 0 Å². The van der Waals surface area contributed by atoms with Gasteiger partial charge in [-0.2, -0.15) is 0 Å². The van der Waals surface area contributed by atoms with Gasteiger partial charge in [-0.15, -0.1) is 0 Å². The predicted molar refractivity (Wildman–Crippen MR) is 111 cm³/mol. The Kier molecular flexibility index (Phi) is 7.28. The average Bonchev–Trinajstić information content (AvgIpc) is 2.55. The van der Waals surface area contributed by atoms with E-state index in [1.807, 2.05) is 45.0 Å². The molecule has 0 saturated carbocycles. The maximum absolute atomic E-state index is 12.2. The van der Waals surface area contributed by atoms with Gasteiger partial charge in [0.25, 0.3) is 0 Å². The van der Waals surface area contributed by atoms with Gasteiger partial charge in [-0.1, -0.05) is 0 Å². The van der Waals surface area contributed by atoms with E-state index in [2.05, 4.69) is 32.8 Å². The Hall–Kier alpha value is -1.35. The van der Waals surface area contributed by atoms with Gasteiger partial charge in [0.15, 0.2) is 0 Å². The van der Waals surface area contributed by atoms with Crippen molar-refractivity contribution in [3.8, 4) is 0 Å². The van der Waals surface area contributed by atoms with Gasteiger partial charge in [-0.25, -0.2) is 4.79 Å². The van der Waals surface area contributed by atoms with Gasteiger partial charge >= 0.3 is 6.09 Å². The largest absolute Gasteiger partial charge is 0.444 e. The van der Waals surface area contributed by atoms with Gasteiger partial charge in [0.2, 0.25) is 5.91 Å². The molecule has 2 rings (SSSR count). The van der Waals surface area contributed by atoms with Crippen LogP contribution in [-0.4, -0.2) is 60.1 Å². The minimum atomic E-state index is -0.486. The zero-order chi connectivity index (χ0) is 19.3. The van der Waals surface area contributed by atoms with Crippen LogP contribution in [-0.2, 0) is 9.53 Å². The molecule has 1 aromatic carbocycles. The van der Waals surface area contributed by atoms with Crippen molar-refractivity contribution in [1.82, 2.24) is 9.80 Å². The van der Waals surface area contributed by atoms with Crippen LogP contribution < -0.4 is 5.32 Å². The number of amides is 2. The molecule has 144 valence electrons. The number of ether oxygens (including phenoxy) is 1. The summed E-state index contributed by atoms with van der Waals surface area (Å²) < 4.78 is 6.56. The van der Waals surface area contributed by atoms with Crippen LogP contribution in [0.4, 0.5) is 10.5 Å². The minimum absolute atomic E-state index is 0.00912. The number of piperidine rings is 1. The number of nitrogens with zero attached hydrogens (tertiary/aromatic N) is 2. The normalized spacial score (nSPS) is 16.2. The number of rotatable bonds is 4. The molecule has 0 spiro atoms. The number of anilines is 1. The molecule has 2 amide bonds. The molecule has 0 bridgehead atoms. The van der Waals surface area contributed by atoms with Crippen LogP contribution in [0.15, 0.2) is 24.3 Å². The molecule has 0 aromatic heterocycles. The zero-order valence-corrected chi connectivity index (χ0v) is 18.1. The lowest BCUT2D eigenvalue weighted by Crippen LogP contribution is -2.48. The quantitative estimate of drug-likeness (QED) is 0.680. The van der Waals surface area contributed by atoms with Crippen molar-refractivity contribution in [1.29, 1.82) is 0 Å². The lowest BCUT2D eigenvalue weighted by Gasteiger charge is -2.37. The van der Waals surface area contributed by atoms with E-state index < -0.39 is 5.60 Å². The van der Waals surface area contributed by atoms with Crippen molar-refractivity contribution in [2.75, 3.05) is 32.0 Å². The third-order valence-corrected chi connectivity index (χ3v) is 5.00. The van der Waals surface area contributed by atoms with Gasteiger partial charge in [0, 0.05) is 35.4 Å². The summed E-state index contributed by atoms with van der Waals surface area (Å²) in [4.78, 5) is 28.2. The molecule has 1 aliphatic heterocycles. The fraction of sp³-hybridized carbons (Fsp3) is 0.579. The molecular weight excluding hydrogens is 445 g/mol. The van der Waals surface area contributed by atoms with E-state index in [9.17, 15) is 9.59 Å². The third kappa shape index (κ3) is 6.75. The Morgan fingerprint density at radius 2 is 1.81 bits per heavy atom. The van der Waals surface area contributed by atoms with E-state index in [-0.39, 0.29) is 18.0 Å². The second kappa shape index (κ2) is 9.03. The maximum atomic E-state index is 12.2. The van der Waals surface area contributed by atoms with Crippen LogP contribution in [0.2, 0.25) is 0 Å². The molecule has 1 heterocycles. The highest BCUT2D eigenvalue weighted by molar-refractivity contribution is 14.1. The number of hydrogen-bond donors (Lipinski definition) is 1. The fourth-order valence-corrected chi connectivity index (χ4v) is 3.24. The van der Waals surface area contributed by atoms with E-state index in [1.165, 1.54) is 0 Å². The summed E-state index contributed by atoms with van der Waals surface area (Å²) in [6.07, 6.45) is 1.39. The smallest absolute Gasteiger partial charge is 0.410 e. The van der Waals surface area contributed by atoms with Crippen molar-refractivity contribution in [2.24, 2.45) is 0 Å². The lowest BCUT2D eigenvalue weighted by molar-refractivity contribution is -0.117. The standard InChI is InChI=1S/C19H28IN3O3/c1-19(2,3)26-18(25)22(4)16-9-11-23(12-10-16)13-17(24)21-15-7-5-14(20)6-8-15/h5-8,16H,9-13H2,1-4H3,(H,21,24). The van der Waals surface area contributed by atoms with Crippen LogP contribution in [0, 0.1) is 3.57 Å². The van der Waals surface area contributed by atoms with Crippen LogP contribution in [0.1, 0.15) is 33.6 Å². The number of benzene rings is 1. The predicted octanol–water partition coefficient (Wildman–Crippen LogP) is 3.56. The SMILES string of the molecule is CN(C(=O)OC(C)(C)C)C1CCN(CC(=O)Nc2ccc(I)cc2)CC1. The minimum Gasteiger partial charge on any atom is -0.444 e. The number of likely N-dealkylation sites (tertiary alicyclic amines) is 1. The number of hydrogen-bond acceptors (Lipinski definition) is 4. The summed E-state index contributed by atoms with van der Waals surface area (Å²) in [6.45, 7) is 7.56. The number of carbonyl (C=O) groups is 2. The maximum Gasteiger partial charge on any atom is 0.410 e. The summed E-state index contributed by atoms with van der Waals surface area (Å²) in [5.41, 5.74) is 0.328. The molecule has 7 heteroatoms. The Labute approximate surface area is 169 Å². The monoisotopic (exact) mass is 473 g/mol. The molecule has 0 aliphatic carbocycles. The number of nitrogens with one attached hydrogen (secondary N) is 1. The second-order valence-corrected chi connectivity index (χ2v) is 8.90. The summed E-state index contributed by atoms with van der Waals surface area (Å²) in [5, 5.41) is 2.93. The Balaban J connectivity index is 1.76. The summed E-state index contributed by atoms with van der Waals surface area (Å²) in [7, 11) is 1.79. The van der Waals surface area contributed by atoms with Crippen LogP contribution in [0.3, 0.4) is 0 Å². The van der Waals surface area contributed by atoms with Crippen molar-refractivity contribution in [3.05, 3.63) is 27.8 Å². The highest BCUT2D eigenvalue weighted by atomic mass is 127. The van der Waals surface area contributed by atoms with Gasteiger partial charge in [0.1, 0.15) is 5.60 Å². The highest BCUT2D eigenvalue weighted by Crippen LogP contribution is 2.18. The lowest BCUT2D eigenvalue weighted by atomic mass is 10.0. The Bertz CT molecular complexity index is 620. The van der Waals surface area contributed by atoms with Crippen molar-refractivity contribution >= 4 is 40.3 Å². The molecule has 1 aromatic rings. The van der Waals surface area contributed by atoms with E-state index in [0.717, 1.165) is 35.2 Å². The van der Waals surface area contributed by atoms with Gasteiger partial charge in [0.05, 0.1) is 6.54 Å². The first-order chi connectivity index (χ1) is 12.1. The van der Waals surface area contributed by atoms with Crippen LogP contribution >= 0.6 is 22.6 Å². The molecular formula is C19H28IN3O3. The first-order valence-electron chi connectivity index (χ1n) is 8.87. The average molecular weight is 473 g/mol. The first-order valence-corrected chi connectivity index (χ1v) is 9.95. The highest BCUT2D eigenvalue weighted by Gasteiger charge is 2.29. The van der Waals surface area contributed by atoms with Gasteiger partial charge in [-0.3, -0.25) is 9.69 Å². The molecule has 1 N–H and O–H groups in total. The van der Waals surface area contributed by atoms with Gasteiger partial charge < -0.3 is 15.0 Å². The first kappa shape index (κ1) is 21.0. The molecule has 0 atom stereocenters.